The molecule has 5 heteroatoms. The van der Waals surface area contributed by atoms with E-state index in [0.717, 1.165) is 10.0 Å². The van der Waals surface area contributed by atoms with Gasteiger partial charge in [0.25, 0.3) is 5.91 Å². The van der Waals surface area contributed by atoms with Gasteiger partial charge >= 0.3 is 5.97 Å². The van der Waals surface area contributed by atoms with E-state index in [1.165, 1.54) is 0 Å². The lowest BCUT2D eigenvalue weighted by molar-refractivity contribution is -0.139. The molecule has 108 valence electrons. The van der Waals surface area contributed by atoms with Crippen molar-refractivity contribution in [2.75, 3.05) is 0 Å². The Morgan fingerprint density at radius 2 is 1.67 bits per heavy atom. The fourth-order valence-corrected chi connectivity index (χ4v) is 2.15. The summed E-state index contributed by atoms with van der Waals surface area (Å²) in [5.74, 6) is -1.44. The number of nitrogens with one attached hydrogen (secondary N) is 1. The van der Waals surface area contributed by atoms with Crippen molar-refractivity contribution in [3.05, 3.63) is 70.2 Å². The predicted octanol–water partition coefficient (Wildman–Crippen LogP) is 2.87. The van der Waals surface area contributed by atoms with Crippen LogP contribution >= 0.6 is 15.9 Å². The number of carbonyl (C=O) groups excluding carboxylic acids is 1. The Morgan fingerprint density at radius 1 is 1.05 bits per heavy atom. The molecule has 2 rings (SSSR count). The SMILES string of the molecule is O=C(N[C@H](Cc1ccc(Br)cc1)C(=O)O)c1ccccc1. The Labute approximate surface area is 130 Å². The van der Waals surface area contributed by atoms with Gasteiger partial charge in [-0.1, -0.05) is 46.3 Å². The summed E-state index contributed by atoms with van der Waals surface area (Å²) >= 11 is 3.33. The van der Waals surface area contributed by atoms with Crippen LogP contribution < -0.4 is 5.32 Å². The maximum Gasteiger partial charge on any atom is 0.326 e. The highest BCUT2D eigenvalue weighted by Crippen LogP contribution is 2.12. The van der Waals surface area contributed by atoms with Gasteiger partial charge in [0, 0.05) is 16.5 Å². The molecule has 2 aromatic rings. The molecule has 0 aliphatic heterocycles. The van der Waals surface area contributed by atoms with E-state index in [1.54, 1.807) is 30.3 Å². The van der Waals surface area contributed by atoms with E-state index in [1.807, 2.05) is 24.3 Å². The molecular weight excluding hydrogens is 334 g/mol. The number of amides is 1. The van der Waals surface area contributed by atoms with E-state index in [0.29, 0.717) is 5.56 Å². The predicted molar refractivity (Wildman–Crippen MR) is 83.2 cm³/mol. The van der Waals surface area contributed by atoms with Crippen molar-refractivity contribution in [1.29, 1.82) is 0 Å². The number of carboxylic acids is 1. The van der Waals surface area contributed by atoms with Gasteiger partial charge in [-0.25, -0.2) is 4.79 Å². The molecule has 4 nitrogen and oxygen atoms in total. The topological polar surface area (TPSA) is 66.4 Å². The van der Waals surface area contributed by atoms with Crippen LogP contribution in [0.5, 0.6) is 0 Å². The van der Waals surface area contributed by atoms with Crippen molar-refractivity contribution in [3.63, 3.8) is 0 Å². The van der Waals surface area contributed by atoms with Crippen molar-refractivity contribution in [2.24, 2.45) is 0 Å². The number of carbonyl (C=O) groups is 2. The van der Waals surface area contributed by atoms with Gasteiger partial charge in [0.05, 0.1) is 0 Å². The molecule has 21 heavy (non-hydrogen) atoms. The summed E-state index contributed by atoms with van der Waals surface area (Å²) in [5.41, 5.74) is 1.29. The van der Waals surface area contributed by atoms with Crippen LogP contribution in [0, 0.1) is 0 Å². The van der Waals surface area contributed by atoms with E-state index in [4.69, 9.17) is 0 Å². The lowest BCUT2D eigenvalue weighted by atomic mass is 10.1. The molecule has 1 atom stereocenters. The minimum atomic E-state index is -1.05. The van der Waals surface area contributed by atoms with Gasteiger partial charge < -0.3 is 10.4 Å². The zero-order chi connectivity index (χ0) is 15.2. The molecule has 0 aliphatic rings. The molecule has 1 amide bonds. The second-order valence-corrected chi connectivity index (χ2v) is 5.48. The van der Waals surface area contributed by atoms with Gasteiger partial charge in [0.15, 0.2) is 0 Å². The fraction of sp³-hybridized carbons (Fsp3) is 0.125. The van der Waals surface area contributed by atoms with Crippen molar-refractivity contribution in [2.45, 2.75) is 12.5 Å². The third-order valence-electron chi connectivity index (χ3n) is 2.99. The van der Waals surface area contributed by atoms with Crippen LogP contribution in [0.2, 0.25) is 0 Å². The summed E-state index contributed by atoms with van der Waals surface area (Å²) in [5, 5.41) is 11.8. The van der Waals surface area contributed by atoms with E-state index < -0.39 is 12.0 Å². The molecule has 0 unspecified atom stereocenters. The highest BCUT2D eigenvalue weighted by molar-refractivity contribution is 9.10. The Morgan fingerprint density at radius 3 is 2.24 bits per heavy atom. The lowest BCUT2D eigenvalue weighted by Crippen LogP contribution is -2.42. The van der Waals surface area contributed by atoms with Crippen LogP contribution in [0.1, 0.15) is 15.9 Å². The Bertz CT molecular complexity index is 626. The minimum Gasteiger partial charge on any atom is -0.480 e. The van der Waals surface area contributed by atoms with Crippen LogP contribution in [-0.2, 0) is 11.2 Å². The van der Waals surface area contributed by atoms with E-state index >= 15 is 0 Å². The molecular formula is C16H14BrNO3. The number of carboxylic acid groups (broad SMARTS) is 1. The number of aliphatic carboxylic acids is 1. The number of hydrogen-bond acceptors (Lipinski definition) is 2. The van der Waals surface area contributed by atoms with Crippen LogP contribution in [0.3, 0.4) is 0 Å². The minimum absolute atomic E-state index is 0.237. The summed E-state index contributed by atoms with van der Waals surface area (Å²) in [6.07, 6.45) is 0.237. The molecule has 0 fully saturated rings. The summed E-state index contributed by atoms with van der Waals surface area (Å²) in [6.45, 7) is 0. The van der Waals surface area contributed by atoms with E-state index in [2.05, 4.69) is 21.2 Å². The van der Waals surface area contributed by atoms with Crippen molar-refractivity contribution in [3.8, 4) is 0 Å². The summed E-state index contributed by atoms with van der Waals surface area (Å²) < 4.78 is 0.923. The van der Waals surface area contributed by atoms with Gasteiger partial charge in [-0.2, -0.15) is 0 Å². The summed E-state index contributed by atoms with van der Waals surface area (Å²) in [6, 6.07) is 14.9. The largest absolute Gasteiger partial charge is 0.480 e. The molecule has 0 saturated heterocycles. The fourth-order valence-electron chi connectivity index (χ4n) is 1.89. The summed E-state index contributed by atoms with van der Waals surface area (Å²) in [7, 11) is 0. The van der Waals surface area contributed by atoms with Crippen molar-refractivity contribution in [1.82, 2.24) is 5.32 Å². The quantitative estimate of drug-likeness (QED) is 0.873. The number of halogens is 1. The highest BCUT2D eigenvalue weighted by atomic mass is 79.9. The first-order valence-corrected chi connectivity index (χ1v) is 7.19. The standard InChI is InChI=1S/C16H14BrNO3/c17-13-8-6-11(7-9-13)10-14(16(20)21)18-15(19)12-4-2-1-3-5-12/h1-9,14H,10H2,(H,18,19)(H,20,21)/t14-/m1/s1. The summed E-state index contributed by atoms with van der Waals surface area (Å²) in [4.78, 5) is 23.3. The normalized spacial score (nSPS) is 11.7. The lowest BCUT2D eigenvalue weighted by Gasteiger charge is -2.14. The van der Waals surface area contributed by atoms with Crippen molar-refractivity contribution >= 4 is 27.8 Å². The average molecular weight is 348 g/mol. The molecule has 0 spiro atoms. The Balaban J connectivity index is 2.07. The molecule has 0 aromatic heterocycles. The molecule has 2 N–H and O–H groups in total. The van der Waals surface area contributed by atoms with Crippen LogP contribution in [0.4, 0.5) is 0 Å². The third-order valence-corrected chi connectivity index (χ3v) is 3.52. The van der Waals surface area contributed by atoms with Gasteiger partial charge in [0.1, 0.15) is 6.04 Å². The molecule has 0 aliphatic carbocycles. The van der Waals surface area contributed by atoms with Crippen LogP contribution in [0.25, 0.3) is 0 Å². The number of benzene rings is 2. The zero-order valence-electron chi connectivity index (χ0n) is 11.1. The number of hydrogen-bond donors (Lipinski definition) is 2. The first-order chi connectivity index (χ1) is 10.1. The first kappa shape index (κ1) is 15.3. The van der Waals surface area contributed by atoms with Gasteiger partial charge in [-0.15, -0.1) is 0 Å². The Hall–Kier alpha value is -2.14. The first-order valence-electron chi connectivity index (χ1n) is 6.39. The maximum absolute atomic E-state index is 12.0. The van der Waals surface area contributed by atoms with Gasteiger partial charge in [-0.3, -0.25) is 4.79 Å². The van der Waals surface area contributed by atoms with Crippen molar-refractivity contribution < 1.29 is 14.7 Å². The average Bonchev–Trinajstić information content (AvgIpc) is 2.49. The van der Waals surface area contributed by atoms with Gasteiger partial charge in [-0.05, 0) is 29.8 Å². The second-order valence-electron chi connectivity index (χ2n) is 4.56. The molecule has 0 bridgehead atoms. The van der Waals surface area contributed by atoms with E-state index in [-0.39, 0.29) is 12.3 Å². The molecule has 0 saturated carbocycles. The molecule has 2 aromatic carbocycles. The smallest absolute Gasteiger partial charge is 0.326 e. The Kier molecular flexibility index (Phi) is 5.11. The maximum atomic E-state index is 12.0. The van der Waals surface area contributed by atoms with E-state index in [9.17, 15) is 14.7 Å². The van der Waals surface area contributed by atoms with Crippen LogP contribution in [-0.4, -0.2) is 23.0 Å². The van der Waals surface area contributed by atoms with Crippen LogP contribution in [0.15, 0.2) is 59.1 Å². The monoisotopic (exact) mass is 347 g/mol. The highest BCUT2D eigenvalue weighted by Gasteiger charge is 2.20. The third kappa shape index (κ3) is 4.43. The second kappa shape index (κ2) is 7.04. The van der Waals surface area contributed by atoms with Gasteiger partial charge in [0.2, 0.25) is 0 Å². The molecule has 0 radical (unpaired) electrons. The number of rotatable bonds is 5. The molecule has 0 heterocycles. The zero-order valence-corrected chi connectivity index (χ0v) is 12.7.